The van der Waals surface area contributed by atoms with E-state index in [-0.39, 0.29) is 11.2 Å². The number of halogens is 1. The summed E-state index contributed by atoms with van der Waals surface area (Å²) in [6, 6.07) is 4.20. The average molecular weight is 245 g/mol. The summed E-state index contributed by atoms with van der Waals surface area (Å²) in [6.45, 7) is 5.61. The summed E-state index contributed by atoms with van der Waals surface area (Å²) in [6.07, 6.45) is 1.06. The van der Waals surface area contributed by atoms with Crippen LogP contribution in [0.25, 0.3) is 0 Å². The van der Waals surface area contributed by atoms with E-state index in [1.807, 2.05) is 20.8 Å². The van der Waals surface area contributed by atoms with Crippen LogP contribution in [0.5, 0.6) is 0 Å². The first kappa shape index (κ1) is 13.0. The molecule has 90 valence electrons. The molecule has 0 radical (unpaired) electrons. The highest BCUT2D eigenvalue weighted by atomic mass is 32.2. The van der Waals surface area contributed by atoms with Crippen LogP contribution < -0.4 is 4.72 Å². The third kappa shape index (κ3) is 3.48. The van der Waals surface area contributed by atoms with E-state index in [2.05, 4.69) is 4.72 Å². The number of benzene rings is 1. The van der Waals surface area contributed by atoms with Crippen molar-refractivity contribution in [2.45, 2.75) is 26.2 Å². The summed E-state index contributed by atoms with van der Waals surface area (Å²) >= 11 is 0. The van der Waals surface area contributed by atoms with Gasteiger partial charge in [-0.25, -0.2) is 12.8 Å². The Morgan fingerprint density at radius 1 is 1.25 bits per heavy atom. The van der Waals surface area contributed by atoms with Gasteiger partial charge in [-0.15, -0.1) is 0 Å². The molecule has 1 aromatic carbocycles. The number of hydrogen-bond donors (Lipinski definition) is 1. The molecule has 0 atom stereocenters. The third-order valence-corrected chi connectivity index (χ3v) is 2.68. The standard InChI is InChI=1S/C11H16FNO2S/c1-11(2,3)9-7-8(5-6-10(9)12)13-16(4,14)15/h5-7,13H,1-4H3. The maximum atomic E-state index is 13.5. The molecule has 0 saturated carbocycles. The smallest absolute Gasteiger partial charge is 0.229 e. The van der Waals surface area contributed by atoms with Crippen LogP contribution in [-0.4, -0.2) is 14.7 Å². The van der Waals surface area contributed by atoms with Gasteiger partial charge in [0.05, 0.1) is 6.26 Å². The zero-order chi connectivity index (χ0) is 12.6. The van der Waals surface area contributed by atoms with Crippen molar-refractivity contribution in [1.82, 2.24) is 0 Å². The molecule has 1 N–H and O–H groups in total. The van der Waals surface area contributed by atoms with Crippen LogP contribution in [0.1, 0.15) is 26.3 Å². The molecule has 0 unspecified atom stereocenters. The molecule has 0 aliphatic rings. The van der Waals surface area contributed by atoms with Crippen molar-refractivity contribution >= 4 is 15.7 Å². The van der Waals surface area contributed by atoms with Crippen molar-refractivity contribution < 1.29 is 12.8 Å². The van der Waals surface area contributed by atoms with Gasteiger partial charge in [0.1, 0.15) is 5.82 Å². The molecular formula is C11H16FNO2S. The topological polar surface area (TPSA) is 46.2 Å². The van der Waals surface area contributed by atoms with Gasteiger partial charge in [-0.3, -0.25) is 4.72 Å². The normalized spacial score (nSPS) is 12.6. The van der Waals surface area contributed by atoms with Crippen LogP contribution in [0.15, 0.2) is 18.2 Å². The Hall–Kier alpha value is -1.10. The highest BCUT2D eigenvalue weighted by Gasteiger charge is 2.19. The minimum atomic E-state index is -3.32. The predicted molar refractivity (Wildman–Crippen MR) is 63.6 cm³/mol. The van der Waals surface area contributed by atoms with Crippen molar-refractivity contribution in [2.75, 3.05) is 11.0 Å². The van der Waals surface area contributed by atoms with Crippen LogP contribution >= 0.6 is 0 Å². The summed E-state index contributed by atoms with van der Waals surface area (Å²) < 4.78 is 37.9. The zero-order valence-corrected chi connectivity index (χ0v) is 10.7. The first-order valence-electron chi connectivity index (χ1n) is 4.87. The highest BCUT2D eigenvalue weighted by molar-refractivity contribution is 7.92. The summed E-state index contributed by atoms with van der Waals surface area (Å²) in [5.74, 6) is -0.327. The molecule has 0 bridgehead atoms. The van der Waals surface area contributed by atoms with Gasteiger partial charge in [0, 0.05) is 5.69 Å². The Kier molecular flexibility index (Phi) is 3.28. The van der Waals surface area contributed by atoms with Gasteiger partial charge in [0.2, 0.25) is 10.0 Å². The summed E-state index contributed by atoms with van der Waals surface area (Å²) in [5.41, 5.74) is 0.509. The van der Waals surface area contributed by atoms with Crippen LogP contribution in [0, 0.1) is 5.82 Å². The lowest BCUT2D eigenvalue weighted by atomic mass is 9.86. The van der Waals surface area contributed by atoms with Gasteiger partial charge in [-0.1, -0.05) is 20.8 Å². The fourth-order valence-corrected chi connectivity index (χ4v) is 1.93. The molecule has 0 fully saturated rings. The molecule has 0 amide bonds. The van der Waals surface area contributed by atoms with Crippen molar-refractivity contribution in [2.24, 2.45) is 0 Å². The van der Waals surface area contributed by atoms with Crippen LogP contribution in [0.2, 0.25) is 0 Å². The van der Waals surface area contributed by atoms with Crippen molar-refractivity contribution in [1.29, 1.82) is 0 Å². The van der Waals surface area contributed by atoms with E-state index in [1.54, 1.807) is 0 Å². The predicted octanol–water partition coefficient (Wildman–Crippen LogP) is 2.49. The molecule has 0 spiro atoms. The Balaban J connectivity index is 3.18. The van der Waals surface area contributed by atoms with E-state index in [4.69, 9.17) is 0 Å². The minimum Gasteiger partial charge on any atom is -0.284 e. The summed E-state index contributed by atoms with van der Waals surface area (Å²) in [5, 5.41) is 0. The van der Waals surface area contributed by atoms with Crippen molar-refractivity contribution in [3.63, 3.8) is 0 Å². The molecular weight excluding hydrogens is 229 g/mol. The average Bonchev–Trinajstić information content (AvgIpc) is 2.04. The van der Waals surface area contributed by atoms with E-state index in [9.17, 15) is 12.8 Å². The number of hydrogen-bond acceptors (Lipinski definition) is 2. The molecule has 0 heterocycles. The van der Waals surface area contributed by atoms with E-state index in [0.717, 1.165) is 6.26 Å². The number of anilines is 1. The number of rotatable bonds is 2. The monoisotopic (exact) mass is 245 g/mol. The molecule has 1 aromatic rings. The maximum absolute atomic E-state index is 13.5. The summed E-state index contributed by atoms with van der Waals surface area (Å²) in [4.78, 5) is 0. The van der Waals surface area contributed by atoms with Gasteiger partial charge in [0.25, 0.3) is 0 Å². The molecule has 0 aromatic heterocycles. The molecule has 3 nitrogen and oxygen atoms in total. The van der Waals surface area contributed by atoms with Crippen molar-refractivity contribution in [3.8, 4) is 0 Å². The SMILES string of the molecule is CC(C)(C)c1cc(NS(C)(=O)=O)ccc1F. The van der Waals surface area contributed by atoms with E-state index < -0.39 is 10.0 Å². The number of nitrogens with one attached hydrogen (secondary N) is 1. The Morgan fingerprint density at radius 2 is 1.81 bits per heavy atom. The molecule has 0 saturated heterocycles. The van der Waals surface area contributed by atoms with Crippen molar-refractivity contribution in [3.05, 3.63) is 29.6 Å². The largest absolute Gasteiger partial charge is 0.284 e. The second-order valence-electron chi connectivity index (χ2n) is 4.82. The van der Waals surface area contributed by atoms with Gasteiger partial charge in [0.15, 0.2) is 0 Å². The van der Waals surface area contributed by atoms with Gasteiger partial charge in [-0.2, -0.15) is 0 Å². The second kappa shape index (κ2) is 4.05. The van der Waals surface area contributed by atoms with Crippen LogP contribution in [-0.2, 0) is 15.4 Å². The van der Waals surface area contributed by atoms with Crippen LogP contribution in [0.3, 0.4) is 0 Å². The van der Waals surface area contributed by atoms with E-state index in [0.29, 0.717) is 11.3 Å². The fourth-order valence-electron chi connectivity index (χ4n) is 1.38. The Bertz CT molecular complexity index is 489. The maximum Gasteiger partial charge on any atom is 0.229 e. The lowest BCUT2D eigenvalue weighted by Crippen LogP contribution is -2.15. The first-order chi connectivity index (χ1) is 7.09. The molecule has 0 aliphatic carbocycles. The third-order valence-electron chi connectivity index (χ3n) is 2.08. The van der Waals surface area contributed by atoms with Crippen LogP contribution in [0.4, 0.5) is 10.1 Å². The van der Waals surface area contributed by atoms with Gasteiger partial charge < -0.3 is 0 Å². The lowest BCUT2D eigenvalue weighted by Gasteiger charge is -2.20. The molecule has 5 heteroatoms. The Morgan fingerprint density at radius 3 is 2.25 bits per heavy atom. The van der Waals surface area contributed by atoms with E-state index in [1.165, 1.54) is 18.2 Å². The molecule has 16 heavy (non-hydrogen) atoms. The highest BCUT2D eigenvalue weighted by Crippen LogP contribution is 2.27. The lowest BCUT2D eigenvalue weighted by molar-refractivity contribution is 0.523. The quantitative estimate of drug-likeness (QED) is 0.870. The summed E-state index contributed by atoms with van der Waals surface area (Å²) in [7, 11) is -3.32. The van der Waals surface area contributed by atoms with E-state index >= 15 is 0 Å². The van der Waals surface area contributed by atoms with Gasteiger partial charge >= 0.3 is 0 Å². The fraction of sp³-hybridized carbons (Fsp3) is 0.455. The number of sulfonamides is 1. The molecule has 1 rings (SSSR count). The first-order valence-corrected chi connectivity index (χ1v) is 6.76. The zero-order valence-electron chi connectivity index (χ0n) is 9.83. The van der Waals surface area contributed by atoms with Gasteiger partial charge in [-0.05, 0) is 29.2 Å². The second-order valence-corrected chi connectivity index (χ2v) is 6.57. The minimum absolute atomic E-state index is 0.327. The molecule has 0 aliphatic heterocycles. The Labute approximate surface area is 95.7 Å².